The number of unbranched alkanes of at least 4 members (excludes halogenated alkanes) is 10. The van der Waals surface area contributed by atoms with Crippen molar-refractivity contribution >= 4 is 71.1 Å². The van der Waals surface area contributed by atoms with E-state index in [1.807, 2.05) is 20.8 Å². The molecule has 0 spiro atoms. The minimum Gasteiger partial charge on any atom is -0.481 e. The van der Waals surface area contributed by atoms with Crippen LogP contribution >= 0.6 is 0 Å². The van der Waals surface area contributed by atoms with Gasteiger partial charge in [0.25, 0.3) is 0 Å². The number of carboxylic acid groups (broad SMARTS) is 1. The molecule has 33 heteroatoms. The van der Waals surface area contributed by atoms with Gasteiger partial charge in [0.1, 0.15) is 23.3 Å². The highest BCUT2D eigenvalue weighted by atomic mass is 16.6. The number of hydrogen-bond donors (Lipinski definition) is 8. The van der Waals surface area contributed by atoms with Crippen LogP contribution in [0.5, 0.6) is 0 Å². The monoisotopic (exact) mass is 1550 g/mol. The third-order valence-corrected chi connectivity index (χ3v) is 17.0. The van der Waals surface area contributed by atoms with Crippen LogP contribution in [-0.4, -0.2) is 275 Å². The van der Waals surface area contributed by atoms with Crippen molar-refractivity contribution in [3.63, 3.8) is 0 Å². The first-order chi connectivity index (χ1) is 52.3. The van der Waals surface area contributed by atoms with E-state index in [1.165, 1.54) is 4.90 Å². The average Bonchev–Trinajstić information content (AvgIpc) is 1.58. The van der Waals surface area contributed by atoms with E-state index in [1.54, 1.807) is 32.9 Å². The fourth-order valence-electron chi connectivity index (χ4n) is 11.6. The molecule has 33 nitrogen and oxygen atoms in total. The van der Waals surface area contributed by atoms with Crippen LogP contribution in [0.3, 0.4) is 0 Å². The molecule has 0 aromatic carbocycles. The number of aliphatic carboxylic acids is 1. The number of carbonyl (C=O) groups excluding carboxylic acids is 11. The van der Waals surface area contributed by atoms with Gasteiger partial charge in [-0.15, -0.1) is 0 Å². The number of nitrogens with one attached hydrogen (secondary N) is 7. The zero-order valence-electron chi connectivity index (χ0n) is 65.8. The number of ether oxygens (including phenoxy) is 12. The summed E-state index contributed by atoms with van der Waals surface area (Å²) >= 11 is 0. The molecule has 1 unspecified atom stereocenters. The Morgan fingerprint density at radius 2 is 0.706 bits per heavy atom. The average molecular weight is 1560 g/mol. The van der Waals surface area contributed by atoms with E-state index in [2.05, 4.69) is 37.2 Å². The van der Waals surface area contributed by atoms with Crippen molar-refractivity contribution in [2.75, 3.05) is 158 Å². The Kier molecular flexibility index (Phi) is 52.2. The third kappa shape index (κ3) is 49.2. The summed E-state index contributed by atoms with van der Waals surface area (Å²) in [5, 5.41) is 28.4. The Bertz CT molecular complexity index is 2670. The van der Waals surface area contributed by atoms with Crippen molar-refractivity contribution in [1.29, 1.82) is 0 Å². The number of amides is 9. The predicted molar refractivity (Wildman–Crippen MR) is 398 cm³/mol. The predicted octanol–water partition coefficient (Wildman–Crippen LogP) is 3.76. The van der Waals surface area contributed by atoms with Crippen molar-refractivity contribution in [2.24, 2.45) is 11.8 Å². The molecular weight excluding hydrogens is 1420 g/mol. The molecule has 2 bridgehead atoms. The van der Waals surface area contributed by atoms with Gasteiger partial charge in [0, 0.05) is 90.6 Å². The summed E-state index contributed by atoms with van der Waals surface area (Å²) in [5.41, 5.74) is -1.12. The maximum atomic E-state index is 13.2. The summed E-state index contributed by atoms with van der Waals surface area (Å²) in [7, 11) is 0. The molecular formula is C76H130N8O25. The molecule has 3 rings (SSSR count). The third-order valence-electron chi connectivity index (χ3n) is 17.0. The fraction of sp³-hybridized carbons (Fsp3) is 0.816. The summed E-state index contributed by atoms with van der Waals surface area (Å²) in [6.07, 6.45) is 15.7. The summed E-state index contributed by atoms with van der Waals surface area (Å²) in [5.74, 6) is -5.44. The zero-order chi connectivity index (χ0) is 79.8. The topological polar surface area (TPSA) is 423 Å². The molecule has 2 saturated heterocycles. The van der Waals surface area contributed by atoms with Gasteiger partial charge >= 0.3 is 17.9 Å². The molecule has 624 valence electrons. The highest BCUT2D eigenvalue weighted by Gasteiger charge is 2.60. The fourth-order valence-corrected chi connectivity index (χ4v) is 11.6. The number of likely N-dealkylation sites (tertiary alicyclic amines) is 1. The lowest BCUT2D eigenvalue weighted by Gasteiger charge is -2.21. The second-order valence-corrected chi connectivity index (χ2v) is 28.8. The summed E-state index contributed by atoms with van der Waals surface area (Å²) < 4.78 is 66.0. The lowest BCUT2D eigenvalue weighted by atomic mass is 9.85. The highest BCUT2D eigenvalue weighted by molar-refractivity contribution is 6.06. The largest absolute Gasteiger partial charge is 0.481 e. The van der Waals surface area contributed by atoms with Gasteiger partial charge in [0.05, 0.1) is 143 Å². The minimum absolute atomic E-state index is 0.0137. The quantitative estimate of drug-likeness (QED) is 0.0186. The van der Waals surface area contributed by atoms with E-state index < -0.39 is 71.1 Å². The molecule has 2 fully saturated rings. The molecule has 0 radical (unpaired) electrons. The first-order valence-electron chi connectivity index (χ1n) is 39.3. The van der Waals surface area contributed by atoms with E-state index in [0.717, 1.165) is 64.2 Å². The standard InChI is InChI=1S/C76H130N8O25/c1-75(2,3)108-67(92)24-15-13-11-9-7-8-10-12-14-17-34-80-72(95)58(25-28-68(93)109-76(4,5)6)83-65(89)32-42-101-48-54-106-56-50-103-44-37-79-63(87)31-41-100-46-52-104-51-45-99-40-30-62(86)78-36-43-102-49-55-105-53-47-98-39-29-61(85)77-33-18-16-21-57(71(94)81-35-19-23-66(90)91)82-64(88)22-20-38-84-73(96)69-59-26-27-60(107-59)70(69)74(84)97/h26-27,57-60,69-70H,7-25,28-56H2,1-6H3,(H,77,85)(H,78,86)(H,79,87)(H,80,95)(H,81,94)(H,82,88)(H,83,89)(H,90,91)/t57-,58-,59-,60+,69-,70?/m0/s1. The van der Waals surface area contributed by atoms with Crippen LogP contribution < -0.4 is 37.2 Å². The lowest BCUT2D eigenvalue weighted by molar-refractivity contribution is -0.156. The Morgan fingerprint density at radius 3 is 1.14 bits per heavy atom. The number of imide groups is 1. The maximum absolute atomic E-state index is 13.2. The number of fused-ring (bicyclic) bond motifs is 5. The molecule has 3 heterocycles. The molecule has 3 aliphatic rings. The van der Waals surface area contributed by atoms with Gasteiger partial charge in [-0.3, -0.25) is 62.4 Å². The number of hydrogen-bond acceptors (Lipinski definition) is 24. The molecule has 109 heavy (non-hydrogen) atoms. The van der Waals surface area contributed by atoms with Crippen LogP contribution in [-0.2, 0) is 114 Å². The molecule has 8 N–H and O–H groups in total. The first kappa shape index (κ1) is 96.4. The maximum Gasteiger partial charge on any atom is 0.306 e. The van der Waals surface area contributed by atoms with Crippen molar-refractivity contribution in [3.8, 4) is 0 Å². The molecule has 0 saturated carbocycles. The second-order valence-electron chi connectivity index (χ2n) is 28.8. The van der Waals surface area contributed by atoms with Crippen LogP contribution in [0, 0.1) is 11.8 Å². The number of carbonyl (C=O) groups is 12. The normalized spacial score (nSPS) is 16.3. The lowest BCUT2D eigenvalue weighted by Crippen LogP contribution is -2.47. The zero-order valence-corrected chi connectivity index (χ0v) is 65.8. The Balaban J connectivity index is 1.04. The summed E-state index contributed by atoms with van der Waals surface area (Å²) in [6.45, 7) is 17.4. The molecule has 3 aliphatic heterocycles. The molecule has 0 aromatic heterocycles. The van der Waals surface area contributed by atoms with Crippen LogP contribution in [0.1, 0.15) is 196 Å². The van der Waals surface area contributed by atoms with Crippen LogP contribution in [0.25, 0.3) is 0 Å². The summed E-state index contributed by atoms with van der Waals surface area (Å²) in [4.78, 5) is 151. The number of carboxylic acids is 1. The smallest absolute Gasteiger partial charge is 0.306 e. The Labute approximate surface area is 643 Å². The molecule has 0 aliphatic carbocycles. The second kappa shape index (κ2) is 59.0. The van der Waals surface area contributed by atoms with Crippen LogP contribution in [0.2, 0.25) is 0 Å². The van der Waals surface area contributed by atoms with Crippen molar-refractivity contribution < 1.29 is 119 Å². The van der Waals surface area contributed by atoms with Crippen LogP contribution in [0.15, 0.2) is 12.2 Å². The van der Waals surface area contributed by atoms with Gasteiger partial charge < -0.3 is 99.2 Å². The molecule has 0 aromatic rings. The highest BCUT2D eigenvalue weighted by Crippen LogP contribution is 2.45. The summed E-state index contributed by atoms with van der Waals surface area (Å²) in [6, 6.07) is -1.81. The van der Waals surface area contributed by atoms with E-state index in [-0.39, 0.29) is 177 Å². The number of esters is 2. The minimum atomic E-state index is -0.993. The van der Waals surface area contributed by atoms with Crippen molar-refractivity contribution in [3.05, 3.63) is 12.2 Å². The van der Waals surface area contributed by atoms with E-state index in [0.29, 0.717) is 118 Å². The van der Waals surface area contributed by atoms with E-state index in [9.17, 15) is 57.5 Å². The Hall–Kier alpha value is -6.82. The number of rotatable bonds is 69. The van der Waals surface area contributed by atoms with Gasteiger partial charge in [0.2, 0.25) is 53.2 Å². The number of nitrogens with zero attached hydrogens (tertiary/aromatic N) is 1. The van der Waals surface area contributed by atoms with Gasteiger partial charge in [-0.25, -0.2) is 0 Å². The van der Waals surface area contributed by atoms with Crippen LogP contribution in [0.4, 0.5) is 0 Å². The molecule has 6 atom stereocenters. The van der Waals surface area contributed by atoms with Crippen molar-refractivity contribution in [1.82, 2.24) is 42.1 Å². The van der Waals surface area contributed by atoms with Crippen molar-refractivity contribution in [2.45, 2.75) is 231 Å². The van der Waals surface area contributed by atoms with E-state index >= 15 is 0 Å². The molecule has 9 amide bonds. The first-order valence-corrected chi connectivity index (χ1v) is 39.3. The Morgan fingerprint density at radius 1 is 0.367 bits per heavy atom. The van der Waals surface area contributed by atoms with Gasteiger partial charge in [0.15, 0.2) is 0 Å². The van der Waals surface area contributed by atoms with Gasteiger partial charge in [-0.2, -0.15) is 0 Å². The van der Waals surface area contributed by atoms with E-state index in [4.69, 9.17) is 61.9 Å². The SMILES string of the molecule is CC(C)(C)OC(=O)CCCCCCCCCCCCNC(=O)[C@H](CCC(=O)OC(C)(C)C)NC(=O)CCOCCOCCOCCNC(=O)CCOCCOCCOCCC(=O)NCCOCCOCCOCCC(=O)NCCCC[C@H](NC(=O)CCCN1C(=O)C2[C@@H](C1=O)[C@@H]1C=C[C@H]2O1)C(=O)NCCCC(=O)O. The van der Waals surface area contributed by atoms with Gasteiger partial charge in [-0.1, -0.05) is 63.5 Å². The van der Waals surface area contributed by atoms with Gasteiger partial charge in [-0.05, 0) is 92.9 Å².